The second kappa shape index (κ2) is 9.44. The fraction of sp³-hybridized carbons (Fsp3) is 0.130. The van der Waals surface area contributed by atoms with Crippen LogP contribution in [0, 0.1) is 0 Å². The van der Waals surface area contributed by atoms with E-state index in [4.69, 9.17) is 4.84 Å². The van der Waals surface area contributed by atoms with E-state index in [0.717, 1.165) is 29.5 Å². The highest BCUT2D eigenvalue weighted by molar-refractivity contribution is 5.30. The summed E-state index contributed by atoms with van der Waals surface area (Å²) in [5.74, 6) is 0.307. The summed E-state index contributed by atoms with van der Waals surface area (Å²) in [5, 5.41) is 9.48. The van der Waals surface area contributed by atoms with Crippen LogP contribution in [-0.2, 0) is 11.3 Å². The molecule has 0 aliphatic heterocycles. The van der Waals surface area contributed by atoms with E-state index in [0.29, 0.717) is 5.75 Å². The number of phenols is 1. The lowest BCUT2D eigenvalue weighted by atomic mass is 10.0. The van der Waals surface area contributed by atoms with Crippen molar-refractivity contribution in [3.05, 3.63) is 114 Å². The number of aromatic hydroxyl groups is 1. The van der Waals surface area contributed by atoms with Gasteiger partial charge in [0.2, 0.25) is 0 Å². The van der Waals surface area contributed by atoms with E-state index in [9.17, 15) is 5.11 Å². The Labute approximate surface area is 154 Å². The Balaban J connectivity index is 1.55. The van der Waals surface area contributed by atoms with Gasteiger partial charge >= 0.3 is 0 Å². The van der Waals surface area contributed by atoms with E-state index in [1.807, 2.05) is 60.8 Å². The molecular weight excluding hydrogens is 322 g/mol. The predicted octanol–water partition coefficient (Wildman–Crippen LogP) is 5.15. The summed E-state index contributed by atoms with van der Waals surface area (Å²) in [7, 11) is 0. The highest BCUT2D eigenvalue weighted by Gasteiger charge is 2.14. The van der Waals surface area contributed by atoms with Gasteiger partial charge in [-0.3, -0.25) is 10.3 Å². The molecule has 0 saturated heterocycles. The molecule has 3 nitrogen and oxygen atoms in total. The average Bonchev–Trinajstić information content (AvgIpc) is 2.69. The summed E-state index contributed by atoms with van der Waals surface area (Å²) in [4.78, 5) is 5.91. The van der Waals surface area contributed by atoms with Crippen LogP contribution in [0.1, 0.15) is 29.2 Å². The zero-order valence-corrected chi connectivity index (χ0v) is 14.6. The number of nitrogens with one attached hydrogen (secondary N) is 1. The SMILES string of the molecule is Oc1cccc(CCC=CNOC(c2ccccc2)c2ccccc2)c1. The molecule has 0 radical (unpaired) electrons. The molecule has 0 aliphatic rings. The van der Waals surface area contributed by atoms with E-state index in [2.05, 4.69) is 29.7 Å². The number of hydrogen-bond acceptors (Lipinski definition) is 3. The normalized spacial score (nSPS) is 11.1. The van der Waals surface area contributed by atoms with E-state index < -0.39 is 0 Å². The van der Waals surface area contributed by atoms with Crippen molar-refractivity contribution in [1.82, 2.24) is 5.48 Å². The molecule has 26 heavy (non-hydrogen) atoms. The fourth-order valence-electron chi connectivity index (χ4n) is 2.78. The second-order valence-corrected chi connectivity index (χ2v) is 6.05. The summed E-state index contributed by atoms with van der Waals surface area (Å²) in [6, 6.07) is 27.6. The summed E-state index contributed by atoms with van der Waals surface area (Å²) in [6.45, 7) is 0. The third-order valence-electron chi connectivity index (χ3n) is 4.09. The first-order valence-electron chi connectivity index (χ1n) is 8.77. The first kappa shape index (κ1) is 17.8. The number of rotatable bonds is 8. The third kappa shape index (κ3) is 5.23. The minimum Gasteiger partial charge on any atom is -0.508 e. The summed E-state index contributed by atoms with van der Waals surface area (Å²) in [6.07, 6.45) is 5.40. The monoisotopic (exact) mass is 345 g/mol. The molecule has 0 spiro atoms. The molecule has 0 fully saturated rings. The van der Waals surface area contributed by atoms with Gasteiger partial charge in [0.05, 0.1) is 0 Å². The van der Waals surface area contributed by atoms with Gasteiger partial charge in [-0.2, -0.15) is 0 Å². The standard InChI is InChI=1S/C23H23NO2/c25-22-16-9-11-19(18-22)10-7-8-17-24-26-23(20-12-3-1-4-13-20)21-14-5-2-6-15-21/h1-6,8-9,11-18,23-25H,7,10H2. The summed E-state index contributed by atoms with van der Waals surface area (Å²) in [5.41, 5.74) is 6.26. The van der Waals surface area contributed by atoms with Crippen LogP contribution in [-0.4, -0.2) is 5.11 Å². The highest BCUT2D eigenvalue weighted by Crippen LogP contribution is 2.24. The molecule has 0 aromatic heterocycles. The van der Waals surface area contributed by atoms with Crippen LogP contribution in [0.15, 0.2) is 97.2 Å². The van der Waals surface area contributed by atoms with Crippen LogP contribution in [0.2, 0.25) is 0 Å². The molecule has 3 aromatic rings. The van der Waals surface area contributed by atoms with Crippen molar-refractivity contribution in [3.63, 3.8) is 0 Å². The minimum atomic E-state index is -0.173. The van der Waals surface area contributed by atoms with Gasteiger partial charge in [0.15, 0.2) is 0 Å². The van der Waals surface area contributed by atoms with Crippen LogP contribution >= 0.6 is 0 Å². The molecule has 0 unspecified atom stereocenters. The topological polar surface area (TPSA) is 41.5 Å². The van der Waals surface area contributed by atoms with E-state index in [1.165, 1.54) is 0 Å². The largest absolute Gasteiger partial charge is 0.508 e. The third-order valence-corrected chi connectivity index (χ3v) is 4.09. The van der Waals surface area contributed by atoms with Crippen LogP contribution < -0.4 is 5.48 Å². The number of hydrogen-bond donors (Lipinski definition) is 2. The number of benzene rings is 3. The number of hydroxylamine groups is 1. The quantitative estimate of drug-likeness (QED) is 0.555. The Morgan fingerprint density at radius 2 is 1.50 bits per heavy atom. The minimum absolute atomic E-state index is 0.173. The lowest BCUT2D eigenvalue weighted by Crippen LogP contribution is -2.14. The van der Waals surface area contributed by atoms with Crippen LogP contribution in [0.3, 0.4) is 0 Å². The smallest absolute Gasteiger partial charge is 0.135 e. The first-order chi connectivity index (χ1) is 12.8. The van der Waals surface area contributed by atoms with Crippen molar-refractivity contribution in [3.8, 4) is 5.75 Å². The van der Waals surface area contributed by atoms with Crippen molar-refractivity contribution < 1.29 is 9.94 Å². The summed E-state index contributed by atoms with van der Waals surface area (Å²) >= 11 is 0. The Morgan fingerprint density at radius 1 is 0.846 bits per heavy atom. The zero-order valence-electron chi connectivity index (χ0n) is 14.6. The van der Waals surface area contributed by atoms with Crippen molar-refractivity contribution in [1.29, 1.82) is 0 Å². The highest BCUT2D eigenvalue weighted by atomic mass is 16.7. The molecule has 0 bridgehead atoms. The zero-order chi connectivity index (χ0) is 18.0. The molecule has 0 saturated carbocycles. The van der Waals surface area contributed by atoms with Crippen LogP contribution in [0.5, 0.6) is 5.75 Å². The molecular formula is C23H23NO2. The molecule has 0 atom stereocenters. The maximum Gasteiger partial charge on any atom is 0.135 e. The van der Waals surface area contributed by atoms with Gasteiger partial charge < -0.3 is 5.11 Å². The van der Waals surface area contributed by atoms with Gasteiger partial charge in [-0.05, 0) is 41.7 Å². The molecule has 0 aliphatic carbocycles. The number of phenolic OH excluding ortho intramolecular Hbond substituents is 1. The molecule has 3 heteroatoms. The van der Waals surface area contributed by atoms with Gasteiger partial charge in [-0.15, -0.1) is 0 Å². The fourth-order valence-corrected chi connectivity index (χ4v) is 2.78. The number of aryl methyl sites for hydroxylation is 1. The van der Waals surface area contributed by atoms with Crippen LogP contribution in [0.4, 0.5) is 0 Å². The van der Waals surface area contributed by atoms with Gasteiger partial charge in [0.1, 0.15) is 11.9 Å². The van der Waals surface area contributed by atoms with Crippen molar-refractivity contribution >= 4 is 0 Å². The molecule has 0 heterocycles. The maximum absolute atomic E-state index is 9.48. The molecule has 3 rings (SSSR count). The van der Waals surface area contributed by atoms with Crippen LogP contribution in [0.25, 0.3) is 0 Å². The van der Waals surface area contributed by atoms with Crippen molar-refractivity contribution in [2.24, 2.45) is 0 Å². The maximum atomic E-state index is 9.48. The Bertz CT molecular complexity index is 776. The summed E-state index contributed by atoms with van der Waals surface area (Å²) < 4.78 is 0. The second-order valence-electron chi connectivity index (χ2n) is 6.05. The van der Waals surface area contributed by atoms with E-state index in [-0.39, 0.29) is 6.10 Å². The predicted molar refractivity (Wildman–Crippen MR) is 105 cm³/mol. The average molecular weight is 345 g/mol. The Morgan fingerprint density at radius 3 is 2.12 bits per heavy atom. The number of allylic oxidation sites excluding steroid dienone is 1. The molecule has 132 valence electrons. The van der Waals surface area contributed by atoms with Gasteiger partial charge in [0, 0.05) is 6.20 Å². The first-order valence-corrected chi connectivity index (χ1v) is 8.77. The van der Waals surface area contributed by atoms with Crippen molar-refractivity contribution in [2.45, 2.75) is 18.9 Å². The Hall–Kier alpha value is -3.04. The Kier molecular flexibility index (Phi) is 6.46. The van der Waals surface area contributed by atoms with Gasteiger partial charge in [-0.1, -0.05) is 78.9 Å². The lowest BCUT2D eigenvalue weighted by Gasteiger charge is -2.18. The van der Waals surface area contributed by atoms with Crippen molar-refractivity contribution in [2.75, 3.05) is 0 Å². The van der Waals surface area contributed by atoms with Gasteiger partial charge in [0.25, 0.3) is 0 Å². The lowest BCUT2D eigenvalue weighted by molar-refractivity contribution is 0.0214. The molecule has 3 aromatic carbocycles. The van der Waals surface area contributed by atoms with Gasteiger partial charge in [-0.25, -0.2) is 0 Å². The van der Waals surface area contributed by atoms with E-state index in [1.54, 1.807) is 12.1 Å². The molecule has 0 amide bonds. The van der Waals surface area contributed by atoms with E-state index >= 15 is 0 Å². The molecule has 2 N–H and O–H groups in total.